The second-order valence-electron chi connectivity index (χ2n) is 5.60. The van der Waals surface area contributed by atoms with Gasteiger partial charge in [-0.05, 0) is 17.7 Å². The summed E-state index contributed by atoms with van der Waals surface area (Å²) in [5.74, 6) is -1.07. The Kier molecular flexibility index (Phi) is 5.11. The van der Waals surface area contributed by atoms with Crippen LogP contribution in [0.3, 0.4) is 0 Å². The number of hydrogen-bond donors (Lipinski definition) is 1. The van der Waals surface area contributed by atoms with E-state index in [4.69, 9.17) is 4.74 Å². The standard InChI is InChI=1S/C16H14N6O6/c1-9(24)28-12-4-10(6-27-8-23)3-11(5-12)18-15(25)13-14-19-20-21(2)16(26)22(14)7-17-13/h3-5,7-8H,6H2,1-2H3,(H,18,25). The zero-order valence-corrected chi connectivity index (χ0v) is 14.8. The fourth-order valence-corrected chi connectivity index (χ4v) is 2.40. The minimum Gasteiger partial charge on any atom is -0.463 e. The lowest BCUT2D eigenvalue weighted by molar-refractivity contribution is -0.132. The maximum absolute atomic E-state index is 12.6. The highest BCUT2D eigenvalue weighted by Gasteiger charge is 2.18. The molecule has 144 valence electrons. The van der Waals surface area contributed by atoms with Crippen LogP contribution in [0.2, 0.25) is 0 Å². The van der Waals surface area contributed by atoms with E-state index >= 15 is 0 Å². The number of anilines is 1. The number of imidazole rings is 1. The summed E-state index contributed by atoms with van der Waals surface area (Å²) in [6.45, 7) is 1.41. The molecule has 0 spiro atoms. The second-order valence-corrected chi connectivity index (χ2v) is 5.60. The summed E-state index contributed by atoms with van der Waals surface area (Å²) in [6.07, 6.45) is 1.17. The number of esters is 1. The third kappa shape index (κ3) is 3.85. The van der Waals surface area contributed by atoms with E-state index in [0.717, 1.165) is 9.08 Å². The SMILES string of the molecule is CC(=O)Oc1cc(COC=O)cc(NC(=O)c2ncn3c(=O)n(C)nnc23)c1. The van der Waals surface area contributed by atoms with Crippen LogP contribution in [0.15, 0.2) is 29.3 Å². The number of aromatic nitrogens is 5. The van der Waals surface area contributed by atoms with Gasteiger partial charge in [-0.25, -0.2) is 14.2 Å². The van der Waals surface area contributed by atoms with E-state index in [2.05, 4.69) is 25.3 Å². The quantitative estimate of drug-likeness (QED) is 0.342. The van der Waals surface area contributed by atoms with Crippen molar-refractivity contribution in [3.8, 4) is 5.75 Å². The highest BCUT2D eigenvalue weighted by atomic mass is 16.5. The maximum atomic E-state index is 12.6. The van der Waals surface area contributed by atoms with Crippen molar-refractivity contribution in [3.05, 3.63) is 46.3 Å². The molecule has 12 nitrogen and oxygen atoms in total. The number of ether oxygens (including phenoxy) is 2. The summed E-state index contributed by atoms with van der Waals surface area (Å²) in [5, 5.41) is 10.0. The predicted molar refractivity (Wildman–Crippen MR) is 92.6 cm³/mol. The molecular weight excluding hydrogens is 372 g/mol. The number of benzene rings is 1. The van der Waals surface area contributed by atoms with E-state index in [9.17, 15) is 19.2 Å². The number of nitrogens with one attached hydrogen (secondary N) is 1. The van der Waals surface area contributed by atoms with Crippen molar-refractivity contribution < 1.29 is 23.9 Å². The Morgan fingerprint density at radius 3 is 2.79 bits per heavy atom. The molecule has 0 atom stereocenters. The molecule has 0 bridgehead atoms. The largest absolute Gasteiger partial charge is 0.463 e. The first-order valence-corrected chi connectivity index (χ1v) is 7.85. The van der Waals surface area contributed by atoms with Crippen LogP contribution in [0.1, 0.15) is 23.0 Å². The monoisotopic (exact) mass is 386 g/mol. The van der Waals surface area contributed by atoms with Crippen molar-refractivity contribution in [2.24, 2.45) is 7.05 Å². The van der Waals surface area contributed by atoms with E-state index in [1.54, 1.807) is 0 Å². The van der Waals surface area contributed by atoms with Crippen molar-refractivity contribution in [1.82, 2.24) is 24.4 Å². The fourth-order valence-electron chi connectivity index (χ4n) is 2.40. The smallest absolute Gasteiger partial charge is 0.352 e. The Labute approximate surface area is 156 Å². The van der Waals surface area contributed by atoms with Crippen molar-refractivity contribution in [1.29, 1.82) is 0 Å². The molecule has 1 N–H and O–H groups in total. The lowest BCUT2D eigenvalue weighted by atomic mass is 10.2. The Bertz CT molecular complexity index is 1130. The minimum atomic E-state index is -0.660. The van der Waals surface area contributed by atoms with E-state index in [0.29, 0.717) is 5.56 Å². The number of hydrogen-bond acceptors (Lipinski definition) is 9. The van der Waals surface area contributed by atoms with Crippen molar-refractivity contribution in [2.75, 3.05) is 5.32 Å². The molecule has 0 saturated carbocycles. The molecule has 0 saturated heterocycles. The summed E-state index contributed by atoms with van der Waals surface area (Å²) in [6, 6.07) is 4.42. The molecule has 3 rings (SSSR count). The molecular formula is C16H14N6O6. The zero-order chi connectivity index (χ0) is 20.3. The summed E-state index contributed by atoms with van der Waals surface area (Å²) in [7, 11) is 1.41. The number of fused-ring (bicyclic) bond motifs is 1. The number of nitrogens with zero attached hydrogens (tertiary/aromatic N) is 5. The summed E-state index contributed by atoms with van der Waals surface area (Å²) < 4.78 is 11.8. The Morgan fingerprint density at radius 1 is 1.29 bits per heavy atom. The van der Waals surface area contributed by atoms with Gasteiger partial charge in [0.2, 0.25) is 0 Å². The van der Waals surface area contributed by atoms with Crippen LogP contribution in [0.5, 0.6) is 5.75 Å². The predicted octanol–water partition coefficient (Wildman–Crippen LogP) is -0.326. The minimum absolute atomic E-state index is 0.0127. The van der Waals surface area contributed by atoms with Gasteiger partial charge in [0.05, 0.1) is 0 Å². The van der Waals surface area contributed by atoms with Crippen molar-refractivity contribution >= 4 is 29.7 Å². The first kappa shape index (κ1) is 18.7. The molecule has 0 unspecified atom stereocenters. The summed E-state index contributed by atoms with van der Waals surface area (Å²) >= 11 is 0. The second kappa shape index (κ2) is 7.65. The van der Waals surface area contributed by atoms with E-state index in [1.807, 2.05) is 0 Å². The third-order valence-corrected chi connectivity index (χ3v) is 3.52. The topological polar surface area (TPSA) is 147 Å². The van der Waals surface area contributed by atoms with Crippen LogP contribution < -0.4 is 15.7 Å². The first-order chi connectivity index (χ1) is 13.4. The molecule has 0 fully saturated rings. The van der Waals surface area contributed by atoms with Gasteiger partial charge in [0.25, 0.3) is 12.4 Å². The summed E-state index contributed by atoms with van der Waals surface area (Å²) in [4.78, 5) is 50.1. The molecule has 0 radical (unpaired) electrons. The van der Waals surface area contributed by atoms with Crippen LogP contribution in [-0.4, -0.2) is 42.7 Å². The molecule has 0 aliphatic heterocycles. The lowest BCUT2D eigenvalue weighted by Gasteiger charge is -2.10. The van der Waals surface area contributed by atoms with Crippen molar-refractivity contribution in [2.45, 2.75) is 13.5 Å². The summed E-state index contributed by atoms with van der Waals surface area (Å²) in [5.41, 5.74) is 0.0902. The van der Waals surface area contributed by atoms with E-state index in [1.165, 1.54) is 38.5 Å². The van der Waals surface area contributed by atoms with E-state index < -0.39 is 17.6 Å². The number of aryl methyl sites for hydroxylation is 1. The van der Waals surface area contributed by atoms with Crippen LogP contribution in [0, 0.1) is 0 Å². The number of rotatable bonds is 6. The highest BCUT2D eigenvalue weighted by molar-refractivity contribution is 6.06. The van der Waals surface area contributed by atoms with Gasteiger partial charge >= 0.3 is 11.7 Å². The zero-order valence-electron chi connectivity index (χ0n) is 14.8. The van der Waals surface area contributed by atoms with Gasteiger partial charge in [-0.1, -0.05) is 5.21 Å². The van der Waals surface area contributed by atoms with Gasteiger partial charge in [-0.3, -0.25) is 14.4 Å². The molecule has 0 aliphatic carbocycles. The van der Waals surface area contributed by atoms with Crippen LogP contribution in [0.25, 0.3) is 5.65 Å². The van der Waals surface area contributed by atoms with Crippen LogP contribution >= 0.6 is 0 Å². The first-order valence-electron chi connectivity index (χ1n) is 7.85. The van der Waals surface area contributed by atoms with Crippen molar-refractivity contribution in [3.63, 3.8) is 0 Å². The average Bonchev–Trinajstić information content (AvgIpc) is 3.07. The molecule has 0 aliphatic rings. The van der Waals surface area contributed by atoms with Crippen LogP contribution in [-0.2, 0) is 28.0 Å². The molecule has 2 heterocycles. The Morgan fingerprint density at radius 2 is 2.07 bits per heavy atom. The normalized spacial score (nSPS) is 10.5. The third-order valence-electron chi connectivity index (χ3n) is 3.52. The molecule has 28 heavy (non-hydrogen) atoms. The number of carbonyl (C=O) groups is 3. The van der Waals surface area contributed by atoms with Gasteiger partial charge < -0.3 is 14.8 Å². The molecule has 2 aromatic heterocycles. The highest BCUT2D eigenvalue weighted by Crippen LogP contribution is 2.23. The Hall–Kier alpha value is -4.09. The number of amides is 1. The molecule has 1 amide bonds. The Balaban J connectivity index is 1.92. The van der Waals surface area contributed by atoms with Gasteiger partial charge in [-0.2, -0.15) is 4.68 Å². The van der Waals surface area contributed by atoms with Crippen LogP contribution in [0.4, 0.5) is 5.69 Å². The van der Waals surface area contributed by atoms with Gasteiger partial charge in [0.1, 0.15) is 18.7 Å². The lowest BCUT2D eigenvalue weighted by Crippen LogP contribution is -2.27. The maximum Gasteiger partial charge on any atom is 0.352 e. The van der Waals surface area contributed by atoms with E-state index in [-0.39, 0.29) is 35.9 Å². The molecule has 1 aromatic carbocycles. The van der Waals surface area contributed by atoms with Gasteiger partial charge in [-0.15, -0.1) is 5.10 Å². The molecule has 12 heteroatoms. The fraction of sp³-hybridized carbons (Fsp3) is 0.188. The number of carbonyl (C=O) groups excluding carboxylic acids is 3. The van der Waals surface area contributed by atoms with Gasteiger partial charge in [0.15, 0.2) is 11.3 Å². The average molecular weight is 386 g/mol. The molecule has 3 aromatic rings. The van der Waals surface area contributed by atoms with Gasteiger partial charge in [0, 0.05) is 25.7 Å².